The minimum absolute atomic E-state index is 0.123. The van der Waals surface area contributed by atoms with Gasteiger partial charge in [0.2, 0.25) is 0 Å². The van der Waals surface area contributed by atoms with Crippen LogP contribution >= 0.6 is 0 Å². The second-order valence-electron chi connectivity index (χ2n) is 3.86. The van der Waals surface area contributed by atoms with Crippen LogP contribution in [-0.4, -0.2) is 31.2 Å². The van der Waals surface area contributed by atoms with Crippen molar-refractivity contribution in [2.75, 3.05) is 13.2 Å². The quantitative estimate of drug-likeness (QED) is 0.671. The van der Waals surface area contributed by atoms with Gasteiger partial charge >= 0.3 is 11.9 Å². The topological polar surface area (TPSA) is 78.6 Å². The molecule has 0 amide bonds. The van der Waals surface area contributed by atoms with E-state index in [1.54, 1.807) is 12.1 Å². The van der Waals surface area contributed by atoms with Crippen LogP contribution in [0.5, 0.6) is 0 Å². The molecule has 2 aliphatic heterocycles. The summed E-state index contributed by atoms with van der Waals surface area (Å²) in [5.41, 5.74) is 6.51. The average molecular weight is 235 g/mol. The first-order valence-electron chi connectivity index (χ1n) is 5.37. The van der Waals surface area contributed by atoms with Crippen molar-refractivity contribution in [1.29, 1.82) is 0 Å². The smallest absolute Gasteiger partial charge is 0.338 e. The largest absolute Gasteiger partial charge is 0.462 e. The Balaban J connectivity index is 2.24. The van der Waals surface area contributed by atoms with E-state index in [0.29, 0.717) is 17.5 Å². The fourth-order valence-electron chi connectivity index (χ4n) is 1.48. The predicted molar refractivity (Wildman–Crippen MR) is 59.6 cm³/mol. The van der Waals surface area contributed by atoms with E-state index in [2.05, 4.69) is 0 Å². The van der Waals surface area contributed by atoms with Crippen molar-refractivity contribution >= 4 is 11.9 Å². The molecule has 1 unspecified atom stereocenters. The van der Waals surface area contributed by atoms with Gasteiger partial charge in [0.1, 0.15) is 6.61 Å². The first-order chi connectivity index (χ1) is 8.16. The van der Waals surface area contributed by atoms with Gasteiger partial charge < -0.3 is 15.2 Å². The Morgan fingerprint density at radius 2 is 1.53 bits per heavy atom. The second kappa shape index (κ2) is 4.97. The van der Waals surface area contributed by atoms with E-state index in [4.69, 9.17) is 15.2 Å². The van der Waals surface area contributed by atoms with E-state index in [-0.39, 0.29) is 19.3 Å². The van der Waals surface area contributed by atoms with E-state index in [9.17, 15) is 9.59 Å². The van der Waals surface area contributed by atoms with Gasteiger partial charge in [-0.05, 0) is 30.7 Å². The van der Waals surface area contributed by atoms with Crippen LogP contribution in [0, 0.1) is 0 Å². The number of hydrogen-bond acceptors (Lipinski definition) is 5. The van der Waals surface area contributed by atoms with Crippen LogP contribution in [0.3, 0.4) is 0 Å². The number of carbonyl (C=O) groups excluding carboxylic acids is 2. The number of benzene rings is 1. The number of ether oxygens (including phenoxy) is 2. The van der Waals surface area contributed by atoms with E-state index >= 15 is 0 Å². The van der Waals surface area contributed by atoms with Crippen LogP contribution in [0.4, 0.5) is 0 Å². The van der Waals surface area contributed by atoms with Crippen molar-refractivity contribution < 1.29 is 19.1 Å². The Morgan fingerprint density at radius 3 is 2.12 bits per heavy atom. The number of rotatable bonds is 0. The maximum atomic E-state index is 11.6. The van der Waals surface area contributed by atoms with Gasteiger partial charge in [0.25, 0.3) is 0 Å². The average Bonchev–Trinajstić information content (AvgIpc) is 2.35. The van der Waals surface area contributed by atoms with Crippen LogP contribution in [0.1, 0.15) is 27.1 Å². The molecule has 5 heteroatoms. The Morgan fingerprint density at radius 1 is 1.00 bits per heavy atom. The summed E-state index contributed by atoms with van der Waals surface area (Å²) in [5.74, 6) is -0.835. The Labute approximate surface area is 98.5 Å². The van der Waals surface area contributed by atoms with Crippen molar-refractivity contribution in [2.24, 2.45) is 5.73 Å². The minimum Gasteiger partial charge on any atom is -0.462 e. The molecule has 0 radical (unpaired) electrons. The fourth-order valence-corrected chi connectivity index (χ4v) is 1.48. The molecule has 0 aliphatic carbocycles. The van der Waals surface area contributed by atoms with Crippen molar-refractivity contribution in [1.82, 2.24) is 0 Å². The molecule has 3 rings (SSSR count). The van der Waals surface area contributed by atoms with E-state index < -0.39 is 11.9 Å². The van der Waals surface area contributed by atoms with Gasteiger partial charge in [-0.1, -0.05) is 0 Å². The van der Waals surface area contributed by atoms with Crippen molar-refractivity contribution in [2.45, 2.75) is 12.5 Å². The normalized spacial score (nSPS) is 21.1. The van der Waals surface area contributed by atoms with Crippen LogP contribution in [0.15, 0.2) is 24.3 Å². The second-order valence-corrected chi connectivity index (χ2v) is 3.86. The summed E-state index contributed by atoms with van der Waals surface area (Å²) in [6.45, 7) is 0.345. The third kappa shape index (κ3) is 2.82. The van der Waals surface area contributed by atoms with Crippen molar-refractivity contribution in [3.63, 3.8) is 0 Å². The standard InChI is InChI=1S/C12H13NO4/c13-10-5-6-16-11(14)8-1-3-9(4-2-8)12(15)17-7-10/h1-4,10H,5-7,13H2. The molecule has 0 spiro atoms. The Hall–Kier alpha value is -1.88. The highest BCUT2D eigenvalue weighted by Crippen LogP contribution is 2.09. The molecule has 0 saturated carbocycles. The van der Waals surface area contributed by atoms with Gasteiger partial charge in [-0.2, -0.15) is 0 Å². The minimum atomic E-state index is -0.430. The first kappa shape index (κ1) is 11.6. The predicted octanol–water partition coefficient (Wildman–Crippen LogP) is 0.731. The summed E-state index contributed by atoms with van der Waals surface area (Å²) < 4.78 is 10.1. The molecule has 1 aromatic carbocycles. The highest BCUT2D eigenvalue weighted by molar-refractivity contribution is 5.93. The maximum absolute atomic E-state index is 11.6. The summed E-state index contributed by atoms with van der Waals surface area (Å²) in [6.07, 6.45) is 0.467. The molecular weight excluding hydrogens is 222 g/mol. The SMILES string of the molecule is NC1CCOC(=O)c2ccc(cc2)C(=O)OC1. The van der Waals surface area contributed by atoms with Gasteiger partial charge in [-0.3, -0.25) is 0 Å². The maximum Gasteiger partial charge on any atom is 0.338 e. The molecule has 1 atom stereocenters. The highest BCUT2D eigenvalue weighted by Gasteiger charge is 2.15. The lowest BCUT2D eigenvalue weighted by atomic mass is 10.1. The molecule has 0 saturated heterocycles. The molecule has 90 valence electrons. The lowest BCUT2D eigenvalue weighted by Crippen LogP contribution is -2.30. The monoisotopic (exact) mass is 235 g/mol. The Kier molecular flexibility index (Phi) is 3.39. The first-order valence-corrected chi connectivity index (χ1v) is 5.37. The third-order valence-electron chi connectivity index (χ3n) is 2.51. The number of esters is 2. The lowest BCUT2D eigenvalue weighted by molar-refractivity contribution is 0.0403. The van der Waals surface area contributed by atoms with Gasteiger partial charge in [0, 0.05) is 6.04 Å². The number of fused-ring (bicyclic) bond motifs is 9. The van der Waals surface area contributed by atoms with Crippen LogP contribution < -0.4 is 5.73 Å². The summed E-state index contributed by atoms with van der Waals surface area (Å²) in [7, 11) is 0. The van der Waals surface area contributed by atoms with E-state index in [0.717, 1.165) is 0 Å². The van der Waals surface area contributed by atoms with Gasteiger partial charge in [0.05, 0.1) is 17.7 Å². The van der Waals surface area contributed by atoms with E-state index in [1.165, 1.54) is 12.1 Å². The number of hydrogen-bond donors (Lipinski definition) is 1. The number of nitrogens with two attached hydrogens (primary N) is 1. The number of carbonyl (C=O) groups is 2. The zero-order valence-electron chi connectivity index (χ0n) is 9.22. The molecule has 1 aromatic rings. The van der Waals surface area contributed by atoms with Crippen LogP contribution in [0.2, 0.25) is 0 Å². The summed E-state index contributed by atoms with van der Waals surface area (Å²) in [6, 6.07) is 5.84. The zero-order chi connectivity index (χ0) is 12.3. The fraction of sp³-hybridized carbons (Fsp3) is 0.333. The molecule has 0 fully saturated rings. The van der Waals surface area contributed by atoms with Gasteiger partial charge in [0.15, 0.2) is 0 Å². The molecular formula is C12H13NO4. The summed E-state index contributed by atoms with van der Waals surface area (Å²) in [5, 5.41) is 0. The lowest BCUT2D eigenvalue weighted by Gasteiger charge is -2.14. The molecule has 2 aliphatic rings. The molecule has 0 aromatic heterocycles. The zero-order valence-corrected chi connectivity index (χ0v) is 9.22. The molecule has 2 heterocycles. The van der Waals surface area contributed by atoms with Gasteiger partial charge in [-0.25, -0.2) is 9.59 Å². The molecule has 17 heavy (non-hydrogen) atoms. The van der Waals surface area contributed by atoms with Gasteiger partial charge in [-0.15, -0.1) is 0 Å². The van der Waals surface area contributed by atoms with Crippen molar-refractivity contribution in [3.05, 3.63) is 35.4 Å². The van der Waals surface area contributed by atoms with E-state index in [1.807, 2.05) is 0 Å². The molecule has 2 N–H and O–H groups in total. The Bertz CT molecular complexity index is 427. The third-order valence-corrected chi connectivity index (χ3v) is 2.51. The van der Waals surface area contributed by atoms with Crippen LogP contribution in [0.25, 0.3) is 0 Å². The van der Waals surface area contributed by atoms with Crippen LogP contribution in [-0.2, 0) is 9.47 Å². The summed E-state index contributed by atoms with van der Waals surface area (Å²) in [4.78, 5) is 23.1. The summed E-state index contributed by atoms with van der Waals surface area (Å²) >= 11 is 0. The highest BCUT2D eigenvalue weighted by atomic mass is 16.5. The molecule has 5 nitrogen and oxygen atoms in total. The van der Waals surface area contributed by atoms with Crippen molar-refractivity contribution in [3.8, 4) is 0 Å². The molecule has 2 bridgehead atoms.